The Kier molecular flexibility index (Phi) is 5.69. The molecule has 29 heavy (non-hydrogen) atoms. The summed E-state index contributed by atoms with van der Waals surface area (Å²) in [5, 5.41) is 3.07. The highest BCUT2D eigenvalue weighted by Crippen LogP contribution is 2.36. The van der Waals surface area contributed by atoms with Gasteiger partial charge in [-0.05, 0) is 36.1 Å². The van der Waals surface area contributed by atoms with E-state index in [1.165, 1.54) is 0 Å². The Morgan fingerprint density at radius 1 is 1.10 bits per heavy atom. The number of nitrogens with zero attached hydrogens (tertiary/aromatic N) is 1. The molecule has 152 valence electrons. The van der Waals surface area contributed by atoms with Crippen molar-refractivity contribution < 1.29 is 19.1 Å². The maximum atomic E-state index is 13.0. The summed E-state index contributed by atoms with van der Waals surface area (Å²) >= 11 is 0. The summed E-state index contributed by atoms with van der Waals surface area (Å²) in [6, 6.07) is 15.4. The van der Waals surface area contributed by atoms with E-state index in [2.05, 4.69) is 5.32 Å². The molecule has 2 atom stereocenters. The van der Waals surface area contributed by atoms with E-state index in [1.54, 1.807) is 11.9 Å². The zero-order valence-corrected chi connectivity index (χ0v) is 16.6. The summed E-state index contributed by atoms with van der Waals surface area (Å²) in [6.07, 6.45) is 1.68. The van der Waals surface area contributed by atoms with Gasteiger partial charge < -0.3 is 19.7 Å². The van der Waals surface area contributed by atoms with Crippen LogP contribution in [0, 0.1) is 5.92 Å². The minimum atomic E-state index is -0.250. The molecule has 6 nitrogen and oxygen atoms in total. The number of piperidine rings is 1. The Bertz CT molecular complexity index is 884. The molecule has 2 aromatic rings. The lowest BCUT2D eigenvalue weighted by molar-refractivity contribution is -0.141. The molecule has 2 heterocycles. The number of nitrogens with one attached hydrogen (secondary N) is 1. The predicted molar refractivity (Wildman–Crippen MR) is 109 cm³/mol. The van der Waals surface area contributed by atoms with Crippen LogP contribution < -0.4 is 14.8 Å². The van der Waals surface area contributed by atoms with E-state index in [0.717, 1.165) is 22.6 Å². The van der Waals surface area contributed by atoms with E-state index in [1.807, 2.05) is 48.5 Å². The predicted octanol–water partition coefficient (Wildman–Crippen LogP) is 2.73. The Labute approximate surface area is 170 Å². The van der Waals surface area contributed by atoms with Crippen molar-refractivity contribution in [1.82, 2.24) is 10.2 Å². The van der Waals surface area contributed by atoms with Gasteiger partial charge in [0, 0.05) is 20.0 Å². The van der Waals surface area contributed by atoms with Gasteiger partial charge in [-0.1, -0.05) is 36.4 Å². The van der Waals surface area contributed by atoms with Crippen molar-refractivity contribution in [3.8, 4) is 11.5 Å². The van der Waals surface area contributed by atoms with Crippen LogP contribution in [0.4, 0.5) is 0 Å². The van der Waals surface area contributed by atoms with Gasteiger partial charge in [-0.15, -0.1) is 0 Å². The third kappa shape index (κ3) is 4.21. The molecule has 0 saturated carbocycles. The van der Waals surface area contributed by atoms with Crippen molar-refractivity contribution in [1.29, 1.82) is 0 Å². The van der Waals surface area contributed by atoms with E-state index in [9.17, 15) is 9.59 Å². The van der Waals surface area contributed by atoms with Crippen molar-refractivity contribution >= 4 is 11.8 Å². The SMILES string of the molecule is CN1C(=O)CCC(C(=O)NCCc2ccc3c(c2)OCCO3)C1c1ccccc1. The molecule has 1 fully saturated rings. The molecule has 0 radical (unpaired) electrons. The van der Waals surface area contributed by atoms with E-state index in [4.69, 9.17) is 9.47 Å². The van der Waals surface area contributed by atoms with Crippen LogP contribution in [0.1, 0.15) is 30.0 Å². The lowest BCUT2D eigenvalue weighted by Gasteiger charge is -2.38. The molecule has 1 N–H and O–H groups in total. The van der Waals surface area contributed by atoms with Gasteiger partial charge in [-0.25, -0.2) is 0 Å². The maximum absolute atomic E-state index is 13.0. The molecule has 1 saturated heterocycles. The summed E-state index contributed by atoms with van der Waals surface area (Å²) in [7, 11) is 1.79. The molecule has 0 spiro atoms. The summed E-state index contributed by atoms with van der Waals surface area (Å²) in [6.45, 7) is 1.67. The second-order valence-electron chi connectivity index (χ2n) is 7.52. The fourth-order valence-corrected chi connectivity index (χ4v) is 4.12. The molecule has 2 aliphatic heterocycles. The van der Waals surface area contributed by atoms with Crippen LogP contribution in [-0.2, 0) is 16.0 Å². The first-order valence-electron chi connectivity index (χ1n) is 10.1. The van der Waals surface area contributed by atoms with Crippen LogP contribution in [0.25, 0.3) is 0 Å². The van der Waals surface area contributed by atoms with Gasteiger partial charge in [0.1, 0.15) is 13.2 Å². The molecular formula is C23H26N2O4. The zero-order valence-electron chi connectivity index (χ0n) is 16.6. The molecule has 4 rings (SSSR count). The van der Waals surface area contributed by atoms with Gasteiger partial charge in [0.15, 0.2) is 11.5 Å². The first-order valence-corrected chi connectivity index (χ1v) is 10.1. The van der Waals surface area contributed by atoms with E-state index >= 15 is 0 Å². The lowest BCUT2D eigenvalue weighted by Crippen LogP contribution is -2.46. The van der Waals surface area contributed by atoms with Gasteiger partial charge in [0.2, 0.25) is 11.8 Å². The number of ether oxygens (including phenoxy) is 2. The van der Waals surface area contributed by atoms with Crippen LogP contribution in [0.2, 0.25) is 0 Å². The Balaban J connectivity index is 1.40. The number of fused-ring (bicyclic) bond motifs is 1. The van der Waals surface area contributed by atoms with Crippen LogP contribution in [0.5, 0.6) is 11.5 Å². The number of amides is 2. The Hall–Kier alpha value is -3.02. The molecule has 0 aliphatic carbocycles. The van der Waals surface area contributed by atoms with E-state index < -0.39 is 0 Å². The minimum Gasteiger partial charge on any atom is -0.486 e. The smallest absolute Gasteiger partial charge is 0.225 e. The number of carbonyl (C=O) groups is 2. The quantitative estimate of drug-likeness (QED) is 0.847. The third-order valence-electron chi connectivity index (χ3n) is 5.66. The molecule has 2 unspecified atom stereocenters. The van der Waals surface area contributed by atoms with Gasteiger partial charge in [-0.2, -0.15) is 0 Å². The highest BCUT2D eigenvalue weighted by Gasteiger charge is 2.38. The highest BCUT2D eigenvalue weighted by molar-refractivity contribution is 5.84. The zero-order chi connectivity index (χ0) is 20.2. The van der Waals surface area contributed by atoms with E-state index in [-0.39, 0.29) is 23.8 Å². The van der Waals surface area contributed by atoms with Gasteiger partial charge >= 0.3 is 0 Å². The number of hydrogen-bond acceptors (Lipinski definition) is 4. The molecule has 6 heteroatoms. The van der Waals surface area contributed by atoms with Gasteiger partial charge in [0.05, 0.1) is 12.0 Å². The number of benzene rings is 2. The second kappa shape index (κ2) is 8.55. The van der Waals surface area contributed by atoms with Crippen LogP contribution in [-0.4, -0.2) is 43.5 Å². The van der Waals surface area contributed by atoms with Crippen molar-refractivity contribution in [2.45, 2.75) is 25.3 Å². The number of carbonyl (C=O) groups excluding carboxylic acids is 2. The number of rotatable bonds is 5. The highest BCUT2D eigenvalue weighted by atomic mass is 16.6. The first kappa shape index (κ1) is 19.3. The average molecular weight is 394 g/mol. The number of hydrogen-bond donors (Lipinski definition) is 1. The average Bonchev–Trinajstić information content (AvgIpc) is 2.76. The fraction of sp³-hybridized carbons (Fsp3) is 0.391. The van der Waals surface area contributed by atoms with Crippen molar-refractivity contribution in [3.63, 3.8) is 0 Å². The maximum Gasteiger partial charge on any atom is 0.225 e. The monoisotopic (exact) mass is 394 g/mol. The van der Waals surface area contributed by atoms with Crippen LogP contribution >= 0.6 is 0 Å². The number of likely N-dealkylation sites (tertiary alicyclic amines) is 1. The van der Waals surface area contributed by atoms with Crippen LogP contribution in [0.15, 0.2) is 48.5 Å². The minimum absolute atomic E-state index is 0.00394. The molecule has 2 aromatic carbocycles. The molecule has 2 amide bonds. The van der Waals surface area contributed by atoms with Gasteiger partial charge in [-0.3, -0.25) is 9.59 Å². The third-order valence-corrected chi connectivity index (χ3v) is 5.66. The fourth-order valence-electron chi connectivity index (χ4n) is 4.12. The lowest BCUT2D eigenvalue weighted by atomic mass is 9.84. The largest absolute Gasteiger partial charge is 0.486 e. The summed E-state index contributed by atoms with van der Waals surface area (Å²) in [5.41, 5.74) is 2.08. The Morgan fingerprint density at radius 3 is 2.66 bits per heavy atom. The van der Waals surface area contributed by atoms with Crippen molar-refractivity contribution in [2.75, 3.05) is 26.8 Å². The van der Waals surface area contributed by atoms with Crippen molar-refractivity contribution in [2.24, 2.45) is 5.92 Å². The van der Waals surface area contributed by atoms with Gasteiger partial charge in [0.25, 0.3) is 0 Å². The van der Waals surface area contributed by atoms with Crippen LogP contribution in [0.3, 0.4) is 0 Å². The first-order chi connectivity index (χ1) is 14.1. The van der Waals surface area contributed by atoms with E-state index in [0.29, 0.717) is 39.0 Å². The molecule has 0 aromatic heterocycles. The topological polar surface area (TPSA) is 67.9 Å². The van der Waals surface area contributed by atoms with Crippen molar-refractivity contribution in [3.05, 3.63) is 59.7 Å². The summed E-state index contributed by atoms with van der Waals surface area (Å²) in [5.74, 6) is 1.36. The Morgan fingerprint density at radius 2 is 1.86 bits per heavy atom. The molecule has 2 aliphatic rings. The molecule has 0 bridgehead atoms. The normalized spacial score (nSPS) is 21.0. The standard InChI is InChI=1S/C23H26N2O4/c1-25-21(26)10-8-18(22(25)17-5-3-2-4-6-17)23(27)24-12-11-16-7-9-19-20(15-16)29-14-13-28-19/h2-7,9,15,18,22H,8,10-14H2,1H3,(H,24,27). The summed E-state index contributed by atoms with van der Waals surface area (Å²) < 4.78 is 11.2. The summed E-state index contributed by atoms with van der Waals surface area (Å²) in [4.78, 5) is 26.9. The second-order valence-corrected chi connectivity index (χ2v) is 7.52. The molecular weight excluding hydrogens is 368 g/mol.